The highest BCUT2D eigenvalue weighted by Crippen LogP contribution is 2.27. The standard InChI is InChI=1S/C19H19F2N3O4/c1-4-12(13-8-15(18(20)21)22-10-16(13)28-3)14(19(26)27)9-23-24-6-5-11(2)7-17(24)25/h4-10,15,18,22H,1H2,2-3H3,(H,26,27)/b14-12-,23-9-. The Morgan fingerprint density at radius 3 is 2.75 bits per heavy atom. The van der Waals surface area contributed by atoms with E-state index in [0.29, 0.717) is 0 Å². The fourth-order valence-corrected chi connectivity index (χ4v) is 2.49. The smallest absolute Gasteiger partial charge is 0.337 e. The lowest BCUT2D eigenvalue weighted by molar-refractivity contribution is -0.132. The van der Waals surface area contributed by atoms with E-state index in [4.69, 9.17) is 4.74 Å². The molecule has 9 heteroatoms. The summed E-state index contributed by atoms with van der Waals surface area (Å²) in [7, 11) is 1.32. The minimum Gasteiger partial charge on any atom is -0.495 e. The van der Waals surface area contributed by atoms with Crippen LogP contribution in [0.1, 0.15) is 5.56 Å². The SMILES string of the molecule is C=C/C(C1=CC(C(F)F)NC=C1OC)=C(\C=N/n1ccc(C)cc1=O)C(=O)O. The third kappa shape index (κ3) is 4.61. The molecule has 2 rings (SSSR count). The van der Waals surface area contributed by atoms with Gasteiger partial charge in [-0.15, -0.1) is 0 Å². The number of hydrogen-bond donors (Lipinski definition) is 2. The number of carbonyl (C=O) groups is 1. The number of pyridine rings is 1. The Morgan fingerprint density at radius 1 is 1.50 bits per heavy atom. The molecule has 2 N–H and O–H groups in total. The van der Waals surface area contributed by atoms with Gasteiger partial charge in [-0.3, -0.25) is 4.79 Å². The second-order valence-electron chi connectivity index (χ2n) is 5.79. The van der Waals surface area contributed by atoms with E-state index in [1.807, 2.05) is 0 Å². The average molecular weight is 391 g/mol. The number of dihydropyridines is 1. The number of carboxylic acids is 1. The van der Waals surface area contributed by atoms with Crippen LogP contribution >= 0.6 is 0 Å². The van der Waals surface area contributed by atoms with Gasteiger partial charge in [0.2, 0.25) is 0 Å². The van der Waals surface area contributed by atoms with Crippen LogP contribution < -0.4 is 10.9 Å². The van der Waals surface area contributed by atoms with Crippen LogP contribution in [0.4, 0.5) is 8.78 Å². The number of alkyl halides is 2. The summed E-state index contributed by atoms with van der Waals surface area (Å²) >= 11 is 0. The summed E-state index contributed by atoms with van der Waals surface area (Å²) < 4.78 is 32.3. The van der Waals surface area contributed by atoms with Gasteiger partial charge in [0.25, 0.3) is 12.0 Å². The molecule has 0 aliphatic carbocycles. The second kappa shape index (κ2) is 8.94. The average Bonchev–Trinajstić information content (AvgIpc) is 2.65. The van der Waals surface area contributed by atoms with Crippen molar-refractivity contribution in [1.29, 1.82) is 0 Å². The van der Waals surface area contributed by atoms with E-state index in [2.05, 4.69) is 17.0 Å². The number of halogens is 2. The molecule has 7 nitrogen and oxygen atoms in total. The minimum absolute atomic E-state index is 0.0247. The highest BCUT2D eigenvalue weighted by Gasteiger charge is 2.26. The Bertz CT molecular complexity index is 958. The van der Waals surface area contributed by atoms with E-state index in [-0.39, 0.29) is 22.5 Å². The number of hydrogen-bond acceptors (Lipinski definition) is 5. The van der Waals surface area contributed by atoms with Gasteiger partial charge in [0, 0.05) is 29.6 Å². The van der Waals surface area contributed by atoms with E-state index in [1.54, 1.807) is 13.0 Å². The molecular formula is C19H19F2N3O4. The summed E-state index contributed by atoms with van der Waals surface area (Å²) in [6, 6.07) is 1.64. The number of nitrogens with one attached hydrogen (secondary N) is 1. The minimum atomic E-state index is -2.72. The van der Waals surface area contributed by atoms with Gasteiger partial charge in [-0.2, -0.15) is 5.10 Å². The van der Waals surface area contributed by atoms with E-state index < -0.39 is 24.0 Å². The molecule has 0 spiro atoms. The zero-order valence-electron chi connectivity index (χ0n) is 15.2. The number of aryl methyl sites for hydroxylation is 1. The Morgan fingerprint density at radius 2 is 2.21 bits per heavy atom. The van der Waals surface area contributed by atoms with Gasteiger partial charge >= 0.3 is 5.97 Å². The Kier molecular flexibility index (Phi) is 6.64. The van der Waals surface area contributed by atoms with Crippen molar-refractivity contribution in [1.82, 2.24) is 9.99 Å². The first-order valence-electron chi connectivity index (χ1n) is 8.13. The lowest BCUT2D eigenvalue weighted by Crippen LogP contribution is -2.33. The first kappa shape index (κ1) is 20.8. The number of nitrogens with zero attached hydrogens (tertiary/aromatic N) is 2. The molecule has 28 heavy (non-hydrogen) atoms. The van der Waals surface area contributed by atoms with Crippen molar-refractivity contribution >= 4 is 12.2 Å². The maximum atomic E-state index is 13.1. The van der Waals surface area contributed by atoms with Gasteiger partial charge in [0.15, 0.2) is 0 Å². The molecule has 0 fully saturated rings. The van der Waals surface area contributed by atoms with Crippen LogP contribution in [0.3, 0.4) is 0 Å². The number of allylic oxidation sites excluding steroid dienone is 2. The number of carboxylic acid groups (broad SMARTS) is 1. The van der Waals surface area contributed by atoms with Crippen LogP contribution in [0.2, 0.25) is 0 Å². The molecule has 1 aliphatic heterocycles. The molecule has 0 aromatic carbocycles. The van der Waals surface area contributed by atoms with Crippen LogP contribution in [0, 0.1) is 6.92 Å². The first-order valence-corrected chi connectivity index (χ1v) is 8.13. The third-order valence-corrected chi connectivity index (χ3v) is 3.89. The normalized spacial score (nSPS) is 17.5. The van der Waals surface area contributed by atoms with E-state index in [9.17, 15) is 23.5 Å². The highest BCUT2D eigenvalue weighted by molar-refractivity contribution is 6.10. The zero-order chi connectivity index (χ0) is 20.8. The molecule has 1 aromatic rings. The molecule has 0 bridgehead atoms. The molecule has 1 aliphatic rings. The van der Waals surface area contributed by atoms with Gasteiger partial charge in [0.05, 0.1) is 18.9 Å². The molecule has 1 aromatic heterocycles. The Labute approximate surface area is 159 Å². The molecule has 0 radical (unpaired) electrons. The quantitative estimate of drug-likeness (QED) is 0.422. The summed E-state index contributed by atoms with van der Waals surface area (Å²) in [6.45, 7) is 5.31. The van der Waals surface area contributed by atoms with E-state index in [0.717, 1.165) is 22.5 Å². The third-order valence-electron chi connectivity index (χ3n) is 3.89. The number of rotatable bonds is 7. The molecule has 0 saturated carbocycles. The van der Waals surface area contributed by atoms with Crippen molar-refractivity contribution < 1.29 is 23.4 Å². The molecule has 2 heterocycles. The van der Waals surface area contributed by atoms with Crippen LogP contribution in [0.15, 0.2) is 75.6 Å². The van der Waals surface area contributed by atoms with Crippen molar-refractivity contribution in [3.63, 3.8) is 0 Å². The van der Waals surface area contributed by atoms with E-state index >= 15 is 0 Å². The number of ether oxygens (including phenoxy) is 1. The fraction of sp³-hybridized carbons (Fsp3) is 0.211. The zero-order valence-corrected chi connectivity index (χ0v) is 15.2. The van der Waals surface area contributed by atoms with Crippen LogP contribution in [-0.4, -0.2) is 41.5 Å². The monoisotopic (exact) mass is 391 g/mol. The summed E-state index contributed by atoms with van der Waals surface area (Å²) in [5, 5.41) is 15.9. The first-order chi connectivity index (χ1) is 13.3. The highest BCUT2D eigenvalue weighted by atomic mass is 19.3. The van der Waals surface area contributed by atoms with Crippen molar-refractivity contribution in [3.05, 3.63) is 81.7 Å². The number of aromatic nitrogens is 1. The maximum Gasteiger partial charge on any atom is 0.337 e. The number of aliphatic carboxylic acids is 1. The molecule has 0 amide bonds. The lowest BCUT2D eigenvalue weighted by atomic mass is 9.95. The predicted molar refractivity (Wildman–Crippen MR) is 100 cm³/mol. The van der Waals surface area contributed by atoms with Crippen molar-refractivity contribution in [2.75, 3.05) is 7.11 Å². The summed E-state index contributed by atoms with van der Waals surface area (Å²) in [5.74, 6) is -1.21. The second-order valence-corrected chi connectivity index (χ2v) is 5.79. The fourth-order valence-electron chi connectivity index (χ4n) is 2.49. The van der Waals surface area contributed by atoms with Gasteiger partial charge in [-0.1, -0.05) is 12.7 Å². The predicted octanol–water partition coefficient (Wildman–Crippen LogP) is 2.21. The van der Waals surface area contributed by atoms with Gasteiger partial charge in [-0.05, 0) is 24.6 Å². The Balaban J connectivity index is 2.58. The summed E-state index contributed by atoms with van der Waals surface area (Å²) in [5.41, 5.74) is 0.0902. The van der Waals surface area contributed by atoms with Gasteiger partial charge in [0.1, 0.15) is 11.8 Å². The molecule has 0 saturated heterocycles. The van der Waals surface area contributed by atoms with Crippen LogP contribution in [0.25, 0.3) is 0 Å². The van der Waals surface area contributed by atoms with Crippen LogP contribution in [-0.2, 0) is 9.53 Å². The largest absolute Gasteiger partial charge is 0.495 e. The number of methoxy groups -OCH3 is 1. The maximum absolute atomic E-state index is 13.1. The summed E-state index contributed by atoms with van der Waals surface area (Å²) in [4.78, 5) is 23.7. The molecule has 1 atom stereocenters. The summed E-state index contributed by atoms with van der Waals surface area (Å²) in [6.07, 6.45) is 3.23. The van der Waals surface area contributed by atoms with Gasteiger partial charge < -0.3 is 15.2 Å². The molecule has 148 valence electrons. The van der Waals surface area contributed by atoms with Crippen molar-refractivity contribution in [3.8, 4) is 0 Å². The van der Waals surface area contributed by atoms with E-state index in [1.165, 1.54) is 31.6 Å². The molecule has 1 unspecified atom stereocenters. The molecular weight excluding hydrogens is 372 g/mol. The van der Waals surface area contributed by atoms with Crippen molar-refractivity contribution in [2.45, 2.75) is 19.4 Å². The van der Waals surface area contributed by atoms with Crippen LogP contribution in [0.5, 0.6) is 0 Å². The lowest BCUT2D eigenvalue weighted by Gasteiger charge is -2.23. The van der Waals surface area contributed by atoms with Crippen molar-refractivity contribution in [2.24, 2.45) is 5.10 Å². The topological polar surface area (TPSA) is 92.9 Å². The van der Waals surface area contributed by atoms with Gasteiger partial charge in [-0.25, -0.2) is 18.3 Å². The Hall–Kier alpha value is -3.49.